The van der Waals surface area contributed by atoms with E-state index in [1.54, 1.807) is 39.7 Å². The van der Waals surface area contributed by atoms with Crippen LogP contribution in [0.1, 0.15) is 26.7 Å². The van der Waals surface area contributed by atoms with E-state index in [2.05, 4.69) is 33.9 Å². The third-order valence-electron chi connectivity index (χ3n) is 3.65. The van der Waals surface area contributed by atoms with Crippen LogP contribution < -0.4 is 30.2 Å². The van der Waals surface area contributed by atoms with E-state index in [0.717, 1.165) is 19.4 Å². The maximum absolute atomic E-state index is 8.93. The van der Waals surface area contributed by atoms with Crippen LogP contribution in [-0.4, -0.2) is 40.4 Å². The number of allylic oxidation sites excluding steroid dienone is 2. The van der Waals surface area contributed by atoms with Gasteiger partial charge in [-0.2, -0.15) is 5.26 Å². The highest BCUT2D eigenvalue weighted by Crippen LogP contribution is 2.39. The summed E-state index contributed by atoms with van der Waals surface area (Å²) >= 11 is 0. The fourth-order valence-electron chi connectivity index (χ4n) is 2.41. The number of ether oxygens (including phenoxy) is 3. The molecule has 1 aromatic carbocycles. The number of hydrogen-bond acceptors (Lipinski definition) is 6. The zero-order valence-corrected chi connectivity index (χ0v) is 16.7. The standard InChI is InChI=1S/C19H29N5O3/c1-6-8-14(2)21-9-7-10-22-19(23-13-20)24-15-11-16(25-3)18(27-5)17(12-15)26-4/h8,11-12,21H,6-7,9-10H2,1-5H3,(H2,22,23,24)/b14-8-. The molecule has 0 spiro atoms. The lowest BCUT2D eigenvalue weighted by Gasteiger charge is -2.16. The molecule has 0 unspecified atom stereocenters. The van der Waals surface area contributed by atoms with Gasteiger partial charge in [0.25, 0.3) is 0 Å². The van der Waals surface area contributed by atoms with E-state index in [1.807, 2.05) is 6.92 Å². The molecule has 0 atom stereocenters. The van der Waals surface area contributed by atoms with Crippen molar-refractivity contribution in [3.05, 3.63) is 23.9 Å². The van der Waals surface area contributed by atoms with Crippen LogP contribution in [0.15, 0.2) is 28.9 Å². The average Bonchev–Trinajstić information content (AvgIpc) is 2.67. The number of aliphatic imine (C=N–C) groups is 1. The predicted octanol–water partition coefficient (Wildman–Crippen LogP) is 2.84. The molecule has 0 saturated heterocycles. The van der Waals surface area contributed by atoms with Crippen molar-refractivity contribution < 1.29 is 14.2 Å². The predicted molar refractivity (Wildman–Crippen MR) is 107 cm³/mol. The van der Waals surface area contributed by atoms with Gasteiger partial charge in [-0.3, -0.25) is 0 Å². The molecule has 0 amide bonds. The second-order valence-electron chi connectivity index (χ2n) is 5.60. The first-order valence-corrected chi connectivity index (χ1v) is 8.77. The van der Waals surface area contributed by atoms with Crippen LogP contribution in [0.25, 0.3) is 0 Å². The Labute approximate surface area is 161 Å². The number of rotatable bonds is 10. The van der Waals surface area contributed by atoms with Crippen molar-refractivity contribution in [3.8, 4) is 23.4 Å². The Balaban J connectivity index is 2.71. The number of guanidine groups is 1. The van der Waals surface area contributed by atoms with Crippen molar-refractivity contribution >= 4 is 11.6 Å². The first-order chi connectivity index (χ1) is 13.1. The van der Waals surface area contributed by atoms with Gasteiger partial charge in [-0.25, -0.2) is 0 Å². The van der Waals surface area contributed by atoms with E-state index in [-0.39, 0.29) is 0 Å². The van der Waals surface area contributed by atoms with Gasteiger partial charge in [0.05, 0.1) is 21.3 Å². The molecule has 27 heavy (non-hydrogen) atoms. The molecule has 1 rings (SSSR count). The lowest BCUT2D eigenvalue weighted by molar-refractivity contribution is 0.324. The van der Waals surface area contributed by atoms with E-state index in [9.17, 15) is 0 Å². The maximum Gasteiger partial charge on any atom is 0.211 e. The molecule has 3 N–H and O–H groups in total. The molecule has 0 aliphatic carbocycles. The summed E-state index contributed by atoms with van der Waals surface area (Å²) in [5.74, 6) is 1.88. The first-order valence-electron chi connectivity index (χ1n) is 8.77. The van der Waals surface area contributed by atoms with E-state index >= 15 is 0 Å². The Hall–Kier alpha value is -3.08. The van der Waals surface area contributed by atoms with E-state index in [1.165, 1.54) is 5.70 Å². The van der Waals surface area contributed by atoms with Crippen LogP contribution in [0, 0.1) is 11.5 Å². The summed E-state index contributed by atoms with van der Waals surface area (Å²) in [6, 6.07) is 3.49. The number of nitriles is 1. The minimum Gasteiger partial charge on any atom is -0.493 e. The minimum atomic E-state index is 0.354. The highest BCUT2D eigenvalue weighted by molar-refractivity contribution is 5.94. The fraction of sp³-hybridized carbons (Fsp3) is 0.474. The fourth-order valence-corrected chi connectivity index (χ4v) is 2.41. The van der Waals surface area contributed by atoms with Crippen molar-refractivity contribution in [2.24, 2.45) is 4.99 Å². The van der Waals surface area contributed by atoms with Gasteiger partial charge in [0, 0.05) is 36.6 Å². The van der Waals surface area contributed by atoms with Gasteiger partial charge in [0.1, 0.15) is 0 Å². The summed E-state index contributed by atoms with van der Waals surface area (Å²) in [7, 11) is 4.64. The summed E-state index contributed by atoms with van der Waals surface area (Å²) in [6.07, 6.45) is 5.82. The molecule has 8 heteroatoms. The summed E-state index contributed by atoms with van der Waals surface area (Å²) in [5.41, 5.74) is 1.82. The first kappa shape index (κ1) is 22.0. The molecule has 1 aromatic rings. The zero-order valence-electron chi connectivity index (χ0n) is 16.7. The molecular formula is C19H29N5O3. The van der Waals surface area contributed by atoms with Crippen molar-refractivity contribution in [1.82, 2.24) is 10.6 Å². The maximum atomic E-state index is 8.93. The van der Waals surface area contributed by atoms with Crippen LogP contribution >= 0.6 is 0 Å². The molecule has 0 aliphatic heterocycles. The van der Waals surface area contributed by atoms with Gasteiger partial charge >= 0.3 is 0 Å². The number of benzene rings is 1. The molecule has 0 aromatic heterocycles. The lowest BCUT2D eigenvalue weighted by atomic mass is 10.2. The molecule has 0 fully saturated rings. The Morgan fingerprint density at radius 2 is 1.74 bits per heavy atom. The quantitative estimate of drug-likeness (QED) is 0.250. The second kappa shape index (κ2) is 12.3. The molecule has 148 valence electrons. The van der Waals surface area contributed by atoms with Gasteiger partial charge in [-0.05, 0) is 19.8 Å². The van der Waals surface area contributed by atoms with Gasteiger partial charge in [-0.1, -0.05) is 13.0 Å². The average molecular weight is 375 g/mol. The molecule has 0 saturated carbocycles. The Bertz CT molecular complexity index is 670. The Morgan fingerprint density at radius 1 is 1.11 bits per heavy atom. The van der Waals surface area contributed by atoms with Crippen molar-refractivity contribution in [2.45, 2.75) is 26.7 Å². The summed E-state index contributed by atoms with van der Waals surface area (Å²) < 4.78 is 16.0. The van der Waals surface area contributed by atoms with Crippen molar-refractivity contribution in [1.29, 1.82) is 5.26 Å². The molecular weight excluding hydrogens is 346 g/mol. The summed E-state index contributed by atoms with van der Waals surface area (Å²) in [6.45, 7) is 5.64. The Morgan fingerprint density at radius 3 is 2.26 bits per heavy atom. The largest absolute Gasteiger partial charge is 0.493 e. The Kier molecular flexibility index (Phi) is 10.0. The topological polar surface area (TPSA) is 99.9 Å². The van der Waals surface area contributed by atoms with Gasteiger partial charge < -0.3 is 30.2 Å². The van der Waals surface area contributed by atoms with Gasteiger partial charge in [0.15, 0.2) is 11.5 Å². The highest BCUT2D eigenvalue weighted by Gasteiger charge is 2.14. The number of nitrogens with one attached hydrogen (secondary N) is 3. The molecule has 0 bridgehead atoms. The number of methoxy groups -OCH3 is 3. The third-order valence-corrected chi connectivity index (χ3v) is 3.65. The number of hydrogen-bond donors (Lipinski definition) is 3. The van der Waals surface area contributed by atoms with Crippen molar-refractivity contribution in [3.63, 3.8) is 0 Å². The monoisotopic (exact) mass is 375 g/mol. The zero-order chi connectivity index (χ0) is 20.1. The van der Waals surface area contributed by atoms with Gasteiger partial charge in [-0.15, -0.1) is 4.99 Å². The number of anilines is 1. The van der Waals surface area contributed by atoms with Crippen LogP contribution in [0.4, 0.5) is 5.69 Å². The normalized spacial score (nSPS) is 11.4. The highest BCUT2D eigenvalue weighted by atomic mass is 16.5. The van der Waals surface area contributed by atoms with Crippen LogP contribution in [0.3, 0.4) is 0 Å². The van der Waals surface area contributed by atoms with E-state index < -0.39 is 0 Å². The minimum absolute atomic E-state index is 0.354. The summed E-state index contributed by atoms with van der Waals surface area (Å²) in [5, 5.41) is 18.4. The lowest BCUT2D eigenvalue weighted by Crippen LogP contribution is -2.32. The van der Waals surface area contributed by atoms with E-state index in [0.29, 0.717) is 35.4 Å². The molecule has 0 aliphatic rings. The van der Waals surface area contributed by atoms with E-state index in [4.69, 9.17) is 19.5 Å². The summed E-state index contributed by atoms with van der Waals surface area (Å²) in [4.78, 5) is 3.79. The molecule has 0 heterocycles. The smallest absolute Gasteiger partial charge is 0.211 e. The SMILES string of the molecule is CC/C=C(/C)NCCCN/C(=N\C#N)Nc1cc(OC)c(OC)c(OC)c1. The van der Waals surface area contributed by atoms with Gasteiger partial charge in [0.2, 0.25) is 17.9 Å². The third kappa shape index (κ3) is 7.36. The van der Waals surface area contributed by atoms with Crippen LogP contribution in [0.2, 0.25) is 0 Å². The van der Waals surface area contributed by atoms with Crippen LogP contribution in [0.5, 0.6) is 17.2 Å². The van der Waals surface area contributed by atoms with Crippen molar-refractivity contribution in [2.75, 3.05) is 39.7 Å². The molecule has 8 nitrogen and oxygen atoms in total. The van der Waals surface area contributed by atoms with Crippen LogP contribution in [-0.2, 0) is 0 Å². The second-order valence-corrected chi connectivity index (χ2v) is 5.60. The number of nitrogens with zero attached hydrogens (tertiary/aromatic N) is 2. The molecule has 0 radical (unpaired) electrons.